The lowest BCUT2D eigenvalue weighted by Gasteiger charge is -2.14. The van der Waals surface area contributed by atoms with Gasteiger partial charge in [0.15, 0.2) is 5.78 Å². The summed E-state index contributed by atoms with van der Waals surface area (Å²) in [6.07, 6.45) is -0.363. The fourth-order valence-corrected chi connectivity index (χ4v) is 2.40. The van der Waals surface area contributed by atoms with Crippen LogP contribution in [0.5, 0.6) is 5.75 Å². The number of fused-ring (bicyclic) bond motifs is 1. The SMILES string of the molecule is CC(=O)c1c(C)c(C(=O)O)c(C(=O)O)c2c1OC(=O)C2. The third kappa shape index (κ3) is 1.83. The predicted octanol–water partition coefficient (Wildman–Crippen LogP) is 1.06. The summed E-state index contributed by atoms with van der Waals surface area (Å²) in [7, 11) is 0. The summed E-state index contributed by atoms with van der Waals surface area (Å²) in [5.74, 6) is -4.29. The zero-order valence-corrected chi connectivity index (χ0v) is 10.6. The quantitative estimate of drug-likeness (QED) is 0.482. The molecule has 0 saturated carbocycles. The maximum Gasteiger partial charge on any atom is 0.337 e. The van der Waals surface area contributed by atoms with Crippen molar-refractivity contribution in [1.82, 2.24) is 0 Å². The van der Waals surface area contributed by atoms with Gasteiger partial charge in [0.05, 0.1) is 23.1 Å². The van der Waals surface area contributed by atoms with Crippen LogP contribution in [-0.2, 0) is 11.2 Å². The Kier molecular flexibility index (Phi) is 3.05. The Hall–Kier alpha value is -2.70. The Balaban J connectivity index is 2.98. The van der Waals surface area contributed by atoms with E-state index in [0.29, 0.717) is 0 Å². The second kappa shape index (κ2) is 4.44. The third-order valence-electron chi connectivity index (χ3n) is 3.12. The van der Waals surface area contributed by atoms with Gasteiger partial charge in [0.25, 0.3) is 0 Å². The standard InChI is InChI=1S/C13H10O7/c1-4-8(5(2)14)11-6(3-7(15)20-11)10(13(18)19)9(4)12(16)17/h3H2,1-2H3,(H,16,17)(H,18,19). The molecule has 0 amide bonds. The summed E-state index contributed by atoms with van der Waals surface area (Å²) in [6.45, 7) is 2.51. The Morgan fingerprint density at radius 2 is 1.60 bits per heavy atom. The van der Waals surface area contributed by atoms with Gasteiger partial charge in [-0.25, -0.2) is 9.59 Å². The maximum atomic E-state index is 11.7. The monoisotopic (exact) mass is 278 g/mol. The number of hydrogen-bond acceptors (Lipinski definition) is 5. The molecule has 1 aromatic rings. The molecule has 104 valence electrons. The van der Waals surface area contributed by atoms with E-state index in [1.54, 1.807) is 0 Å². The lowest BCUT2D eigenvalue weighted by molar-refractivity contribution is -0.131. The second-order valence-electron chi connectivity index (χ2n) is 4.38. The number of ether oxygens (including phenoxy) is 1. The van der Waals surface area contributed by atoms with Crippen molar-refractivity contribution in [2.75, 3.05) is 0 Å². The molecule has 0 radical (unpaired) electrons. The molecule has 1 aliphatic rings. The van der Waals surface area contributed by atoms with Gasteiger partial charge >= 0.3 is 17.9 Å². The van der Waals surface area contributed by atoms with Gasteiger partial charge < -0.3 is 14.9 Å². The number of ketones is 1. The number of carboxylic acid groups (broad SMARTS) is 2. The normalized spacial score (nSPS) is 12.8. The molecule has 0 aromatic heterocycles. The minimum Gasteiger partial charge on any atom is -0.478 e. The van der Waals surface area contributed by atoms with E-state index in [-0.39, 0.29) is 28.9 Å². The Labute approximate surface area is 112 Å². The van der Waals surface area contributed by atoms with Crippen LogP contribution in [-0.4, -0.2) is 33.9 Å². The van der Waals surface area contributed by atoms with Gasteiger partial charge in [-0.3, -0.25) is 9.59 Å². The van der Waals surface area contributed by atoms with Crippen LogP contribution in [0, 0.1) is 6.92 Å². The minimum absolute atomic E-state index is 0.0177. The van der Waals surface area contributed by atoms with Crippen molar-refractivity contribution >= 4 is 23.7 Å². The number of benzene rings is 1. The fraction of sp³-hybridized carbons (Fsp3) is 0.231. The summed E-state index contributed by atoms with van der Waals surface area (Å²) >= 11 is 0. The third-order valence-corrected chi connectivity index (χ3v) is 3.12. The highest BCUT2D eigenvalue weighted by Gasteiger charge is 2.36. The van der Waals surface area contributed by atoms with Crippen molar-refractivity contribution in [1.29, 1.82) is 0 Å². The number of esters is 1. The summed E-state index contributed by atoms with van der Waals surface area (Å²) in [5.41, 5.74) is -1.12. The first-order chi connectivity index (χ1) is 9.25. The molecule has 0 atom stereocenters. The number of Topliss-reactive ketones (excluding diaryl/α,β-unsaturated/α-hetero) is 1. The summed E-state index contributed by atoms with van der Waals surface area (Å²) < 4.78 is 4.89. The van der Waals surface area contributed by atoms with Crippen LogP contribution >= 0.6 is 0 Å². The molecule has 1 heterocycles. The zero-order chi connectivity index (χ0) is 15.2. The van der Waals surface area contributed by atoms with Gasteiger partial charge in [-0.15, -0.1) is 0 Å². The molecule has 7 heteroatoms. The van der Waals surface area contributed by atoms with Crippen LogP contribution in [0.15, 0.2) is 0 Å². The molecule has 2 rings (SSSR count). The molecule has 0 aliphatic carbocycles. The highest BCUT2D eigenvalue weighted by molar-refractivity contribution is 6.11. The van der Waals surface area contributed by atoms with Crippen molar-refractivity contribution in [3.8, 4) is 5.75 Å². The van der Waals surface area contributed by atoms with Crippen molar-refractivity contribution in [3.05, 3.63) is 27.8 Å². The molecular weight excluding hydrogens is 268 g/mol. The average Bonchev–Trinajstić information content (AvgIpc) is 2.66. The number of aromatic carboxylic acids is 2. The number of hydrogen-bond donors (Lipinski definition) is 2. The number of carboxylic acids is 2. The first-order valence-corrected chi connectivity index (χ1v) is 5.63. The molecule has 0 bridgehead atoms. The van der Waals surface area contributed by atoms with Gasteiger partial charge in [-0.05, 0) is 19.4 Å². The fourth-order valence-electron chi connectivity index (χ4n) is 2.40. The van der Waals surface area contributed by atoms with Crippen LogP contribution in [0.4, 0.5) is 0 Å². The second-order valence-corrected chi connectivity index (χ2v) is 4.38. The zero-order valence-electron chi connectivity index (χ0n) is 10.6. The Morgan fingerprint density at radius 1 is 1.05 bits per heavy atom. The lowest BCUT2D eigenvalue weighted by atomic mass is 9.89. The first kappa shape index (κ1) is 13.7. The molecule has 20 heavy (non-hydrogen) atoms. The molecule has 1 aliphatic heterocycles. The van der Waals surface area contributed by atoms with Crippen molar-refractivity contribution < 1.29 is 34.1 Å². The molecule has 2 N–H and O–H groups in total. The summed E-state index contributed by atoms with van der Waals surface area (Å²) in [5, 5.41) is 18.4. The number of carbonyl (C=O) groups excluding carboxylic acids is 2. The van der Waals surface area contributed by atoms with E-state index in [9.17, 15) is 29.4 Å². The molecule has 0 unspecified atom stereocenters. The highest BCUT2D eigenvalue weighted by atomic mass is 16.5. The Bertz CT molecular complexity index is 685. The van der Waals surface area contributed by atoms with E-state index in [4.69, 9.17) is 4.74 Å². The van der Waals surface area contributed by atoms with Gasteiger partial charge in [0, 0.05) is 5.56 Å². The molecule has 0 saturated heterocycles. The molecule has 0 spiro atoms. The average molecular weight is 278 g/mol. The van der Waals surface area contributed by atoms with Crippen LogP contribution in [0.25, 0.3) is 0 Å². The number of carbonyl (C=O) groups is 4. The predicted molar refractivity (Wildman–Crippen MR) is 64.4 cm³/mol. The highest BCUT2D eigenvalue weighted by Crippen LogP contribution is 2.38. The topological polar surface area (TPSA) is 118 Å². The summed E-state index contributed by atoms with van der Waals surface area (Å²) in [4.78, 5) is 45.6. The van der Waals surface area contributed by atoms with E-state index in [1.807, 2.05) is 0 Å². The van der Waals surface area contributed by atoms with Crippen molar-refractivity contribution in [2.24, 2.45) is 0 Å². The van der Waals surface area contributed by atoms with E-state index in [1.165, 1.54) is 13.8 Å². The van der Waals surface area contributed by atoms with Crippen LogP contribution < -0.4 is 4.74 Å². The van der Waals surface area contributed by atoms with Crippen LogP contribution in [0.1, 0.15) is 49.1 Å². The molecular formula is C13H10O7. The minimum atomic E-state index is -1.48. The van der Waals surface area contributed by atoms with Crippen LogP contribution in [0.2, 0.25) is 0 Å². The van der Waals surface area contributed by atoms with Gasteiger partial charge in [0.2, 0.25) is 0 Å². The smallest absolute Gasteiger partial charge is 0.337 e. The summed E-state index contributed by atoms with van der Waals surface area (Å²) in [6, 6.07) is 0. The van der Waals surface area contributed by atoms with E-state index in [0.717, 1.165) is 0 Å². The largest absolute Gasteiger partial charge is 0.478 e. The molecule has 7 nitrogen and oxygen atoms in total. The van der Waals surface area contributed by atoms with Gasteiger partial charge in [0.1, 0.15) is 5.75 Å². The first-order valence-electron chi connectivity index (χ1n) is 5.63. The van der Waals surface area contributed by atoms with Gasteiger partial charge in [-0.1, -0.05) is 0 Å². The van der Waals surface area contributed by atoms with E-state index >= 15 is 0 Å². The Morgan fingerprint density at radius 3 is 2.05 bits per heavy atom. The van der Waals surface area contributed by atoms with Gasteiger partial charge in [-0.2, -0.15) is 0 Å². The lowest BCUT2D eigenvalue weighted by Crippen LogP contribution is -2.16. The molecule has 0 fully saturated rings. The van der Waals surface area contributed by atoms with E-state index in [2.05, 4.69) is 0 Å². The molecule has 1 aromatic carbocycles. The van der Waals surface area contributed by atoms with E-state index < -0.39 is 34.8 Å². The maximum absolute atomic E-state index is 11.7. The number of rotatable bonds is 3. The van der Waals surface area contributed by atoms with Crippen molar-refractivity contribution in [3.63, 3.8) is 0 Å². The van der Waals surface area contributed by atoms with Crippen molar-refractivity contribution in [2.45, 2.75) is 20.3 Å². The van der Waals surface area contributed by atoms with Crippen LogP contribution in [0.3, 0.4) is 0 Å².